The number of amides is 1. The number of oxazole rings is 1. The lowest BCUT2D eigenvalue weighted by molar-refractivity contribution is 0.0343. The number of nitrogens with two attached hydrogens (primary N) is 2. The first-order valence-electron chi connectivity index (χ1n) is 10.7. The number of morpholine rings is 1. The highest BCUT2D eigenvalue weighted by Gasteiger charge is 2.21. The van der Waals surface area contributed by atoms with E-state index in [0.717, 1.165) is 29.9 Å². The summed E-state index contributed by atoms with van der Waals surface area (Å²) in [6, 6.07) is 3.59. The second-order valence-electron chi connectivity index (χ2n) is 7.78. The van der Waals surface area contributed by atoms with E-state index in [-0.39, 0.29) is 0 Å². The maximum Gasteiger partial charge on any atom is 0.248 e. The number of aromatic nitrogens is 3. The molecule has 3 aromatic rings. The van der Waals surface area contributed by atoms with E-state index >= 15 is 0 Å². The third-order valence-electron chi connectivity index (χ3n) is 5.42. The number of rotatable bonds is 8. The third-order valence-corrected chi connectivity index (χ3v) is 5.42. The second kappa shape index (κ2) is 9.51. The van der Waals surface area contributed by atoms with E-state index in [0.29, 0.717) is 61.7 Å². The number of carbonyl (C=O) groups excluding carboxylic acids is 1. The van der Waals surface area contributed by atoms with E-state index in [1.165, 1.54) is 0 Å². The molecule has 32 heavy (non-hydrogen) atoms. The van der Waals surface area contributed by atoms with Crippen molar-refractivity contribution in [3.63, 3.8) is 0 Å². The largest absolute Gasteiger partial charge is 0.425 e. The predicted molar refractivity (Wildman–Crippen MR) is 122 cm³/mol. The van der Waals surface area contributed by atoms with Gasteiger partial charge in [-0.2, -0.15) is 0 Å². The topological polar surface area (TPSA) is 137 Å². The molecule has 1 amide bonds. The predicted octanol–water partition coefficient (Wildman–Crippen LogP) is 1.83. The van der Waals surface area contributed by atoms with Crippen LogP contribution in [-0.2, 0) is 17.8 Å². The minimum absolute atomic E-state index is 0.432. The first kappa shape index (κ1) is 22.0. The molecule has 1 aliphatic rings. The first-order chi connectivity index (χ1) is 15.5. The molecule has 1 fully saturated rings. The zero-order chi connectivity index (χ0) is 22.7. The van der Waals surface area contributed by atoms with Crippen LogP contribution in [0.3, 0.4) is 0 Å². The Morgan fingerprint density at radius 3 is 2.66 bits per heavy atom. The number of nitrogens with one attached hydrogen (secondary N) is 1. The molecule has 1 aromatic carbocycles. The van der Waals surface area contributed by atoms with E-state index in [2.05, 4.69) is 19.8 Å². The number of nitrogens with zero attached hydrogens (tertiary/aromatic N) is 4. The minimum atomic E-state index is -0.482. The number of primary amides is 1. The summed E-state index contributed by atoms with van der Waals surface area (Å²) >= 11 is 0. The number of benzene rings is 1. The number of imidazole rings is 1. The maximum absolute atomic E-state index is 12.0. The van der Waals surface area contributed by atoms with Crippen LogP contribution < -0.4 is 16.8 Å². The summed E-state index contributed by atoms with van der Waals surface area (Å²) in [7, 11) is 0. The van der Waals surface area contributed by atoms with Gasteiger partial charge in [0.2, 0.25) is 17.7 Å². The van der Waals surface area contributed by atoms with Gasteiger partial charge in [-0.05, 0) is 24.6 Å². The molecule has 0 spiro atoms. The minimum Gasteiger partial charge on any atom is -0.425 e. The molecule has 4 rings (SSSR count). The van der Waals surface area contributed by atoms with Crippen LogP contribution in [0.2, 0.25) is 0 Å². The number of aryl methyl sites for hydroxylation is 2. The summed E-state index contributed by atoms with van der Waals surface area (Å²) < 4.78 is 13.2. The van der Waals surface area contributed by atoms with Crippen LogP contribution in [0.5, 0.6) is 0 Å². The van der Waals surface area contributed by atoms with Gasteiger partial charge < -0.3 is 25.2 Å². The van der Waals surface area contributed by atoms with Crippen LogP contribution in [0.15, 0.2) is 28.7 Å². The molecule has 170 valence electrons. The van der Waals surface area contributed by atoms with E-state index in [1.54, 1.807) is 13.0 Å². The Hall–Kier alpha value is -3.21. The molecule has 0 radical (unpaired) electrons. The van der Waals surface area contributed by atoms with Gasteiger partial charge in [-0.25, -0.2) is 9.97 Å². The highest BCUT2D eigenvalue weighted by atomic mass is 16.5. The van der Waals surface area contributed by atoms with E-state index in [1.807, 2.05) is 25.1 Å². The lowest BCUT2D eigenvalue weighted by Crippen LogP contribution is -2.35. The van der Waals surface area contributed by atoms with Gasteiger partial charge in [-0.1, -0.05) is 12.2 Å². The molecule has 3 heterocycles. The van der Waals surface area contributed by atoms with Gasteiger partial charge >= 0.3 is 0 Å². The van der Waals surface area contributed by atoms with Gasteiger partial charge in [-0.15, -0.1) is 0 Å². The molecule has 10 nitrogen and oxygen atoms in total. The van der Waals surface area contributed by atoms with E-state index in [9.17, 15) is 4.79 Å². The lowest BCUT2D eigenvalue weighted by atomic mass is 10.1. The van der Waals surface area contributed by atoms with Crippen molar-refractivity contribution in [2.24, 2.45) is 11.5 Å². The molecule has 5 N–H and O–H groups in total. The standard InChI is InChI=1S/C22H29N7O3/c1-14-21(32-15(2)25-14)27-22-26-18-12-16(20(24)30)11-17(13-28-7-9-31-10-8-28)19(18)29(22)6-4-3-5-23/h3-4,11-12H,5-10,13,23H2,1-2H3,(H2,24,30)(H,26,27)/b4-3+. The van der Waals surface area contributed by atoms with Crippen LogP contribution in [-0.4, -0.2) is 58.2 Å². The fraction of sp³-hybridized carbons (Fsp3) is 0.409. The number of hydrogen-bond acceptors (Lipinski definition) is 8. The molecule has 0 unspecified atom stereocenters. The quantitative estimate of drug-likeness (QED) is 0.452. The number of fused-ring (bicyclic) bond motifs is 1. The van der Waals surface area contributed by atoms with Gasteiger partial charge in [0.05, 0.1) is 24.2 Å². The Labute approximate surface area is 186 Å². The molecule has 2 aromatic heterocycles. The molecule has 1 aliphatic heterocycles. The summed E-state index contributed by atoms with van der Waals surface area (Å²) in [5.74, 6) is 1.21. The molecule has 0 atom stereocenters. The number of hydrogen-bond donors (Lipinski definition) is 3. The average Bonchev–Trinajstić information content (AvgIpc) is 3.27. The summed E-state index contributed by atoms with van der Waals surface area (Å²) in [5.41, 5.74) is 15.0. The molecule has 0 saturated carbocycles. The number of carbonyl (C=O) groups is 1. The average molecular weight is 440 g/mol. The first-order valence-corrected chi connectivity index (χ1v) is 10.7. The van der Waals surface area contributed by atoms with Gasteiger partial charge in [0, 0.05) is 45.2 Å². The summed E-state index contributed by atoms with van der Waals surface area (Å²) in [6.07, 6.45) is 3.89. The smallest absolute Gasteiger partial charge is 0.248 e. The lowest BCUT2D eigenvalue weighted by Gasteiger charge is -2.27. The van der Waals surface area contributed by atoms with Crippen LogP contribution in [0.1, 0.15) is 27.5 Å². The molecular formula is C22H29N7O3. The van der Waals surface area contributed by atoms with Crippen molar-refractivity contribution < 1.29 is 13.9 Å². The van der Waals surface area contributed by atoms with Crippen LogP contribution in [0, 0.1) is 13.8 Å². The van der Waals surface area contributed by atoms with E-state index < -0.39 is 5.91 Å². The second-order valence-corrected chi connectivity index (χ2v) is 7.78. The van der Waals surface area contributed by atoms with Crippen molar-refractivity contribution in [1.82, 2.24) is 19.4 Å². The van der Waals surface area contributed by atoms with Gasteiger partial charge in [-0.3, -0.25) is 15.0 Å². The van der Waals surface area contributed by atoms with Gasteiger partial charge in [0.15, 0.2) is 5.89 Å². The SMILES string of the molecule is Cc1nc(C)c(Nc2nc3cc(C(N)=O)cc(CN4CCOCC4)c3n2C/C=C/CN)o1. The van der Waals surface area contributed by atoms with Gasteiger partial charge in [0.25, 0.3) is 0 Å². The fourth-order valence-corrected chi connectivity index (χ4v) is 3.92. The summed E-state index contributed by atoms with van der Waals surface area (Å²) in [5, 5.41) is 3.27. The zero-order valence-corrected chi connectivity index (χ0v) is 18.4. The number of ether oxygens (including phenoxy) is 1. The number of anilines is 2. The molecule has 0 bridgehead atoms. The van der Waals surface area contributed by atoms with Crippen molar-refractivity contribution in [1.29, 1.82) is 0 Å². The Balaban J connectivity index is 1.83. The van der Waals surface area contributed by atoms with Crippen molar-refractivity contribution in [2.75, 3.05) is 38.2 Å². The highest BCUT2D eigenvalue weighted by Crippen LogP contribution is 2.29. The van der Waals surface area contributed by atoms with Crippen LogP contribution >= 0.6 is 0 Å². The normalized spacial score (nSPS) is 15.1. The van der Waals surface area contributed by atoms with Crippen molar-refractivity contribution in [3.8, 4) is 0 Å². The molecular weight excluding hydrogens is 410 g/mol. The fourth-order valence-electron chi connectivity index (χ4n) is 3.92. The van der Waals surface area contributed by atoms with Crippen LogP contribution in [0.25, 0.3) is 11.0 Å². The van der Waals surface area contributed by atoms with Crippen molar-refractivity contribution in [2.45, 2.75) is 26.9 Å². The summed E-state index contributed by atoms with van der Waals surface area (Å²) in [4.78, 5) is 23.4. The van der Waals surface area contributed by atoms with Crippen molar-refractivity contribution in [3.05, 3.63) is 47.0 Å². The van der Waals surface area contributed by atoms with Crippen molar-refractivity contribution >= 4 is 28.8 Å². The Morgan fingerprint density at radius 1 is 1.22 bits per heavy atom. The van der Waals surface area contributed by atoms with E-state index in [4.69, 9.17) is 25.6 Å². The molecule has 0 aliphatic carbocycles. The monoisotopic (exact) mass is 439 g/mol. The third kappa shape index (κ3) is 4.67. The van der Waals surface area contributed by atoms with Crippen LogP contribution in [0.4, 0.5) is 11.8 Å². The molecule has 1 saturated heterocycles. The Morgan fingerprint density at radius 2 is 2.00 bits per heavy atom. The Bertz CT molecular complexity index is 1140. The Kier molecular flexibility index (Phi) is 6.54. The maximum atomic E-state index is 12.0. The molecule has 10 heteroatoms. The summed E-state index contributed by atoms with van der Waals surface area (Å²) in [6.45, 7) is 8.35. The number of allylic oxidation sites excluding steroid dienone is 1. The van der Waals surface area contributed by atoms with Gasteiger partial charge in [0.1, 0.15) is 5.69 Å². The zero-order valence-electron chi connectivity index (χ0n) is 18.4. The highest BCUT2D eigenvalue weighted by molar-refractivity contribution is 5.98.